The molecule has 55 heavy (non-hydrogen) atoms. The summed E-state index contributed by atoms with van der Waals surface area (Å²) in [6.45, 7) is 0. The van der Waals surface area contributed by atoms with Crippen LogP contribution in [0.3, 0.4) is 0 Å². The average Bonchev–Trinajstić information content (AvgIpc) is 3.88. The summed E-state index contributed by atoms with van der Waals surface area (Å²) in [7, 11) is 0. The summed E-state index contributed by atoms with van der Waals surface area (Å²) in [4.78, 5) is 5.47. The molecule has 11 aromatic rings. The summed E-state index contributed by atoms with van der Waals surface area (Å²) in [5.41, 5.74) is 12.1. The SMILES string of the molecule is C1=Cc2c(c3cc4c5ccccc5n(-c5cccc(-c6cccc7ccccc67)c5)c4cc3n2-c2cccc(-n3c4ccccc4c4ccccc43)n2)CC1. The third kappa shape index (κ3) is 4.43. The van der Waals surface area contributed by atoms with Gasteiger partial charge in [-0.3, -0.25) is 9.13 Å². The van der Waals surface area contributed by atoms with Gasteiger partial charge >= 0.3 is 0 Å². The minimum atomic E-state index is 0.908. The van der Waals surface area contributed by atoms with E-state index in [1.807, 2.05) is 0 Å². The Morgan fingerprint density at radius 3 is 1.80 bits per heavy atom. The van der Waals surface area contributed by atoms with Crippen molar-refractivity contribution in [1.82, 2.24) is 18.7 Å². The molecule has 0 N–H and O–H groups in total. The number of fused-ring (bicyclic) bond motifs is 10. The lowest BCUT2D eigenvalue weighted by Crippen LogP contribution is -2.05. The van der Waals surface area contributed by atoms with Crippen molar-refractivity contribution in [2.75, 3.05) is 0 Å². The Labute approximate surface area is 317 Å². The van der Waals surface area contributed by atoms with Crippen molar-refractivity contribution in [2.24, 2.45) is 0 Å². The van der Waals surface area contributed by atoms with Crippen molar-refractivity contribution in [3.8, 4) is 28.5 Å². The van der Waals surface area contributed by atoms with E-state index in [-0.39, 0.29) is 0 Å². The van der Waals surface area contributed by atoms with Gasteiger partial charge in [-0.05, 0) is 101 Å². The minimum absolute atomic E-state index is 0.908. The number of nitrogens with zero attached hydrogens (tertiary/aromatic N) is 4. The third-order valence-electron chi connectivity index (χ3n) is 11.7. The minimum Gasteiger partial charge on any atom is -0.309 e. The Morgan fingerprint density at radius 1 is 0.418 bits per heavy atom. The van der Waals surface area contributed by atoms with Crippen molar-refractivity contribution in [3.05, 3.63) is 187 Å². The topological polar surface area (TPSA) is 27.7 Å². The molecule has 0 fully saturated rings. The number of aryl methyl sites for hydroxylation is 1. The second-order valence-corrected chi connectivity index (χ2v) is 14.7. The van der Waals surface area contributed by atoms with Crippen molar-refractivity contribution in [3.63, 3.8) is 0 Å². The number of para-hydroxylation sites is 3. The molecule has 0 saturated carbocycles. The summed E-state index contributed by atoms with van der Waals surface area (Å²) in [5, 5.41) is 8.80. The van der Waals surface area contributed by atoms with Crippen LogP contribution < -0.4 is 0 Å². The summed E-state index contributed by atoms with van der Waals surface area (Å²) in [6.07, 6.45) is 6.64. The predicted molar refractivity (Wildman–Crippen MR) is 230 cm³/mol. The molecule has 0 bridgehead atoms. The summed E-state index contributed by atoms with van der Waals surface area (Å²) in [6, 6.07) is 61.7. The first-order valence-electron chi connectivity index (χ1n) is 19.1. The third-order valence-corrected chi connectivity index (χ3v) is 11.7. The molecule has 1 aliphatic rings. The first-order valence-corrected chi connectivity index (χ1v) is 19.1. The highest BCUT2D eigenvalue weighted by Gasteiger charge is 2.23. The molecule has 258 valence electrons. The van der Waals surface area contributed by atoms with Gasteiger partial charge in [0.25, 0.3) is 0 Å². The molecule has 4 aromatic heterocycles. The second kappa shape index (κ2) is 11.7. The quantitative estimate of drug-likeness (QED) is 0.179. The Hall–Kier alpha value is -7.17. The summed E-state index contributed by atoms with van der Waals surface area (Å²) < 4.78 is 7.15. The molecular formula is C51H34N4. The van der Waals surface area contributed by atoms with Gasteiger partial charge in [-0.2, -0.15) is 0 Å². The first-order chi connectivity index (χ1) is 27.3. The number of hydrogen-bond donors (Lipinski definition) is 0. The van der Waals surface area contributed by atoms with Gasteiger partial charge in [-0.25, -0.2) is 4.98 Å². The van der Waals surface area contributed by atoms with Crippen molar-refractivity contribution < 1.29 is 0 Å². The normalized spacial score (nSPS) is 12.9. The fourth-order valence-corrected chi connectivity index (χ4v) is 9.34. The van der Waals surface area contributed by atoms with Crippen molar-refractivity contribution >= 4 is 71.4 Å². The van der Waals surface area contributed by atoms with Crippen LogP contribution in [0.25, 0.3) is 99.8 Å². The van der Waals surface area contributed by atoms with E-state index in [0.717, 1.165) is 41.2 Å². The maximum absolute atomic E-state index is 5.47. The largest absolute Gasteiger partial charge is 0.309 e. The number of pyridine rings is 1. The fraction of sp³-hybridized carbons (Fsp3) is 0.0392. The molecule has 0 atom stereocenters. The standard InChI is InChI=1S/C51H34N4/c1-2-18-36-33(14-1)15-12-23-37(36)34-16-11-17-35(30-34)53-44-24-7-5-21-40(44)42-31-43-41-22-6-10-27-47(41)55(49(43)32-48(42)53)51-29-13-28-50(52-51)54-45-25-8-3-19-38(45)39-20-4-9-26-46(39)54/h1-5,7-21,23-32H,6,22H2. The van der Waals surface area contributed by atoms with Gasteiger partial charge in [-0.1, -0.05) is 121 Å². The van der Waals surface area contributed by atoms with Gasteiger partial charge in [0.2, 0.25) is 0 Å². The Morgan fingerprint density at radius 2 is 1.02 bits per heavy atom. The van der Waals surface area contributed by atoms with Crippen LogP contribution in [-0.2, 0) is 6.42 Å². The molecule has 0 amide bonds. The maximum atomic E-state index is 5.47. The van der Waals surface area contributed by atoms with Crippen LogP contribution in [0, 0.1) is 0 Å². The fourth-order valence-electron chi connectivity index (χ4n) is 9.34. The monoisotopic (exact) mass is 702 g/mol. The molecule has 4 heterocycles. The van der Waals surface area contributed by atoms with Crippen LogP contribution in [-0.4, -0.2) is 18.7 Å². The lowest BCUT2D eigenvalue weighted by molar-refractivity contribution is 0.941. The molecule has 4 heteroatoms. The molecule has 1 aliphatic carbocycles. The first kappa shape index (κ1) is 30.3. The van der Waals surface area contributed by atoms with Crippen LogP contribution in [0.15, 0.2) is 176 Å². The molecule has 0 aliphatic heterocycles. The van der Waals surface area contributed by atoms with E-state index in [1.165, 1.54) is 76.6 Å². The van der Waals surface area contributed by atoms with Gasteiger partial charge in [0.05, 0.1) is 33.3 Å². The molecule has 0 unspecified atom stereocenters. The number of aromatic nitrogens is 4. The van der Waals surface area contributed by atoms with Crippen LogP contribution in [0.5, 0.6) is 0 Å². The van der Waals surface area contributed by atoms with Gasteiger partial charge in [-0.15, -0.1) is 0 Å². The van der Waals surface area contributed by atoms with E-state index in [9.17, 15) is 0 Å². The molecule has 12 rings (SSSR count). The number of allylic oxidation sites excluding steroid dienone is 1. The van der Waals surface area contributed by atoms with E-state index in [4.69, 9.17) is 4.98 Å². The smallest absolute Gasteiger partial charge is 0.140 e. The molecule has 7 aromatic carbocycles. The average molecular weight is 703 g/mol. The lowest BCUT2D eigenvalue weighted by atomic mass is 9.98. The zero-order valence-electron chi connectivity index (χ0n) is 30.0. The summed E-state index contributed by atoms with van der Waals surface area (Å²) in [5.74, 6) is 1.82. The molecule has 0 saturated heterocycles. The summed E-state index contributed by atoms with van der Waals surface area (Å²) >= 11 is 0. The van der Waals surface area contributed by atoms with E-state index in [1.54, 1.807) is 0 Å². The van der Waals surface area contributed by atoms with Crippen LogP contribution in [0.1, 0.15) is 17.7 Å². The van der Waals surface area contributed by atoms with Gasteiger partial charge < -0.3 is 4.57 Å². The van der Waals surface area contributed by atoms with E-state index in [0.29, 0.717) is 0 Å². The van der Waals surface area contributed by atoms with Gasteiger partial charge in [0, 0.05) is 32.6 Å². The number of hydrogen-bond acceptors (Lipinski definition) is 1. The lowest BCUT2D eigenvalue weighted by Gasteiger charge is -2.14. The van der Waals surface area contributed by atoms with E-state index >= 15 is 0 Å². The van der Waals surface area contributed by atoms with Gasteiger partial charge in [0.1, 0.15) is 11.6 Å². The zero-order chi connectivity index (χ0) is 36.0. The maximum Gasteiger partial charge on any atom is 0.140 e. The highest BCUT2D eigenvalue weighted by molar-refractivity contribution is 6.14. The Bertz CT molecular complexity index is 3330. The molecule has 4 nitrogen and oxygen atoms in total. The number of benzene rings is 7. The highest BCUT2D eigenvalue weighted by atomic mass is 15.1. The van der Waals surface area contributed by atoms with Gasteiger partial charge in [0.15, 0.2) is 0 Å². The van der Waals surface area contributed by atoms with Crippen LogP contribution >= 0.6 is 0 Å². The predicted octanol–water partition coefficient (Wildman–Crippen LogP) is 13.0. The Kier molecular flexibility index (Phi) is 6.43. The van der Waals surface area contributed by atoms with Crippen LogP contribution in [0.4, 0.5) is 0 Å². The van der Waals surface area contributed by atoms with Crippen LogP contribution in [0.2, 0.25) is 0 Å². The highest BCUT2D eigenvalue weighted by Crippen LogP contribution is 2.41. The van der Waals surface area contributed by atoms with Crippen molar-refractivity contribution in [2.45, 2.75) is 12.8 Å². The Balaban J connectivity index is 1.11. The molecular weight excluding hydrogens is 669 g/mol. The second-order valence-electron chi connectivity index (χ2n) is 14.7. The van der Waals surface area contributed by atoms with E-state index < -0.39 is 0 Å². The number of rotatable bonds is 4. The molecule has 0 radical (unpaired) electrons. The van der Waals surface area contributed by atoms with Crippen molar-refractivity contribution in [1.29, 1.82) is 0 Å². The zero-order valence-corrected chi connectivity index (χ0v) is 30.0. The van der Waals surface area contributed by atoms with E-state index in [2.05, 4.69) is 196 Å². The molecule has 0 spiro atoms.